The van der Waals surface area contributed by atoms with E-state index in [9.17, 15) is 0 Å². The summed E-state index contributed by atoms with van der Waals surface area (Å²) in [4.78, 5) is 0. The SMILES string of the molecule is C/C=C(\C=C(/N)c1cc(-c2ccccc2)ccc1C(C)C)CC(C)C. The van der Waals surface area contributed by atoms with E-state index in [4.69, 9.17) is 5.73 Å². The maximum absolute atomic E-state index is 6.55. The predicted octanol–water partition coefficient (Wildman–Crippen LogP) is 6.77. The van der Waals surface area contributed by atoms with E-state index in [1.54, 1.807) is 0 Å². The molecule has 2 aromatic carbocycles. The van der Waals surface area contributed by atoms with Gasteiger partial charge < -0.3 is 5.73 Å². The molecule has 0 aliphatic rings. The van der Waals surface area contributed by atoms with E-state index in [1.165, 1.54) is 22.3 Å². The molecule has 2 rings (SSSR count). The molecule has 0 unspecified atom stereocenters. The molecule has 0 radical (unpaired) electrons. The molecule has 0 spiro atoms. The van der Waals surface area contributed by atoms with Crippen molar-refractivity contribution in [3.63, 3.8) is 0 Å². The molecule has 0 heterocycles. The summed E-state index contributed by atoms with van der Waals surface area (Å²) in [7, 11) is 0. The maximum atomic E-state index is 6.55. The number of nitrogens with two attached hydrogens (primary N) is 1. The Morgan fingerprint density at radius 2 is 1.64 bits per heavy atom. The van der Waals surface area contributed by atoms with Crippen molar-refractivity contribution < 1.29 is 0 Å². The van der Waals surface area contributed by atoms with Gasteiger partial charge in [0.2, 0.25) is 0 Å². The van der Waals surface area contributed by atoms with Crippen molar-refractivity contribution >= 4 is 5.70 Å². The fraction of sp³-hybridized carbons (Fsp3) is 0.333. The Kier molecular flexibility index (Phi) is 6.64. The average Bonchev–Trinajstić information content (AvgIpc) is 2.60. The summed E-state index contributed by atoms with van der Waals surface area (Å²) in [5.41, 5.74) is 13.6. The van der Waals surface area contributed by atoms with Gasteiger partial charge in [0, 0.05) is 11.3 Å². The number of rotatable bonds is 6. The highest BCUT2D eigenvalue weighted by molar-refractivity contribution is 5.75. The molecule has 0 amide bonds. The summed E-state index contributed by atoms with van der Waals surface area (Å²) in [6, 6.07) is 17.1. The van der Waals surface area contributed by atoms with Crippen molar-refractivity contribution in [1.29, 1.82) is 0 Å². The lowest BCUT2D eigenvalue weighted by atomic mass is 9.90. The summed E-state index contributed by atoms with van der Waals surface area (Å²) in [5, 5.41) is 0. The third kappa shape index (κ3) is 5.09. The van der Waals surface area contributed by atoms with Crippen LogP contribution in [-0.4, -0.2) is 0 Å². The molecule has 0 aromatic heterocycles. The zero-order valence-electron chi connectivity index (χ0n) is 16.2. The highest BCUT2D eigenvalue weighted by atomic mass is 14.6. The minimum Gasteiger partial charge on any atom is -0.398 e. The lowest BCUT2D eigenvalue weighted by Crippen LogP contribution is -2.04. The van der Waals surface area contributed by atoms with E-state index in [0.29, 0.717) is 11.8 Å². The highest BCUT2D eigenvalue weighted by Crippen LogP contribution is 2.30. The first-order chi connectivity index (χ1) is 11.9. The lowest BCUT2D eigenvalue weighted by molar-refractivity contribution is 0.649. The Morgan fingerprint density at radius 3 is 2.20 bits per heavy atom. The van der Waals surface area contributed by atoms with E-state index in [0.717, 1.165) is 17.7 Å². The first-order valence-corrected chi connectivity index (χ1v) is 9.24. The van der Waals surface area contributed by atoms with Crippen LogP contribution in [0.2, 0.25) is 0 Å². The van der Waals surface area contributed by atoms with Crippen LogP contribution < -0.4 is 5.73 Å². The zero-order valence-corrected chi connectivity index (χ0v) is 16.2. The molecule has 1 nitrogen and oxygen atoms in total. The van der Waals surface area contributed by atoms with Gasteiger partial charge in [0.15, 0.2) is 0 Å². The van der Waals surface area contributed by atoms with Crippen molar-refractivity contribution in [2.75, 3.05) is 0 Å². The molecule has 0 fully saturated rings. The standard InChI is InChI=1S/C24H31N/c1-6-19(14-17(2)3)15-24(25)23-16-21(12-13-22(23)18(4)5)20-10-8-7-9-11-20/h6-13,15-18H,14,25H2,1-5H3/b19-6-,24-15-. The second-order valence-electron chi connectivity index (χ2n) is 7.38. The van der Waals surface area contributed by atoms with E-state index < -0.39 is 0 Å². The minimum atomic E-state index is 0.436. The monoisotopic (exact) mass is 333 g/mol. The Labute approximate surface area is 153 Å². The number of hydrogen-bond acceptors (Lipinski definition) is 1. The molecule has 2 N–H and O–H groups in total. The van der Waals surface area contributed by atoms with Crippen LogP contribution in [0.4, 0.5) is 0 Å². The molecule has 1 heteroatoms. The van der Waals surface area contributed by atoms with Crippen LogP contribution in [0.3, 0.4) is 0 Å². The van der Waals surface area contributed by atoms with Gasteiger partial charge in [-0.2, -0.15) is 0 Å². The van der Waals surface area contributed by atoms with Gasteiger partial charge in [0.1, 0.15) is 0 Å². The van der Waals surface area contributed by atoms with Gasteiger partial charge in [-0.1, -0.05) is 76.2 Å². The van der Waals surface area contributed by atoms with Crippen LogP contribution in [0.5, 0.6) is 0 Å². The van der Waals surface area contributed by atoms with Crippen molar-refractivity contribution in [2.24, 2.45) is 11.7 Å². The average molecular weight is 334 g/mol. The van der Waals surface area contributed by atoms with Crippen molar-refractivity contribution in [3.05, 3.63) is 77.4 Å². The second kappa shape index (κ2) is 8.71. The van der Waals surface area contributed by atoms with E-state index in [-0.39, 0.29) is 0 Å². The normalized spacial score (nSPS) is 12.9. The zero-order chi connectivity index (χ0) is 18.4. The lowest BCUT2D eigenvalue weighted by Gasteiger charge is -2.16. The number of allylic oxidation sites excluding steroid dienone is 3. The first kappa shape index (κ1) is 19.1. The fourth-order valence-corrected chi connectivity index (χ4v) is 3.13. The summed E-state index contributed by atoms with van der Waals surface area (Å²) >= 11 is 0. The molecule has 2 aromatic rings. The van der Waals surface area contributed by atoms with Crippen LogP contribution in [0.1, 0.15) is 58.1 Å². The Balaban J connectivity index is 2.49. The summed E-state index contributed by atoms with van der Waals surface area (Å²) < 4.78 is 0. The Hall–Kier alpha value is -2.28. The van der Waals surface area contributed by atoms with Crippen LogP contribution in [0.25, 0.3) is 16.8 Å². The van der Waals surface area contributed by atoms with Crippen molar-refractivity contribution in [1.82, 2.24) is 0 Å². The largest absolute Gasteiger partial charge is 0.398 e. The van der Waals surface area contributed by atoms with Crippen LogP contribution >= 0.6 is 0 Å². The topological polar surface area (TPSA) is 26.0 Å². The predicted molar refractivity (Wildman–Crippen MR) is 111 cm³/mol. The molecule has 0 aliphatic carbocycles. The molecule has 25 heavy (non-hydrogen) atoms. The van der Waals surface area contributed by atoms with Gasteiger partial charge in [-0.05, 0) is 59.6 Å². The van der Waals surface area contributed by atoms with Crippen LogP contribution in [0.15, 0.2) is 66.3 Å². The minimum absolute atomic E-state index is 0.436. The van der Waals surface area contributed by atoms with E-state index in [2.05, 4.69) is 89.2 Å². The van der Waals surface area contributed by atoms with Crippen molar-refractivity contribution in [3.8, 4) is 11.1 Å². The fourth-order valence-electron chi connectivity index (χ4n) is 3.13. The van der Waals surface area contributed by atoms with Gasteiger partial charge in [-0.3, -0.25) is 0 Å². The third-order valence-electron chi connectivity index (χ3n) is 4.45. The van der Waals surface area contributed by atoms with Gasteiger partial charge in [0.25, 0.3) is 0 Å². The van der Waals surface area contributed by atoms with Gasteiger partial charge in [-0.25, -0.2) is 0 Å². The second-order valence-corrected chi connectivity index (χ2v) is 7.38. The van der Waals surface area contributed by atoms with Crippen LogP contribution in [-0.2, 0) is 0 Å². The summed E-state index contributed by atoms with van der Waals surface area (Å²) in [5.74, 6) is 1.06. The van der Waals surface area contributed by atoms with Gasteiger partial charge >= 0.3 is 0 Å². The molecule has 132 valence electrons. The molecule has 0 atom stereocenters. The smallest absolute Gasteiger partial charge is 0.0393 e. The van der Waals surface area contributed by atoms with Crippen molar-refractivity contribution in [2.45, 2.75) is 47.0 Å². The summed E-state index contributed by atoms with van der Waals surface area (Å²) in [6.45, 7) is 11.0. The Morgan fingerprint density at radius 1 is 0.960 bits per heavy atom. The highest BCUT2D eigenvalue weighted by Gasteiger charge is 2.11. The van der Waals surface area contributed by atoms with Crippen LogP contribution in [0, 0.1) is 5.92 Å². The molecule has 0 aliphatic heterocycles. The maximum Gasteiger partial charge on any atom is 0.0393 e. The number of benzene rings is 2. The Bertz CT molecular complexity index is 749. The molecule has 0 bridgehead atoms. The molecular weight excluding hydrogens is 302 g/mol. The molecule has 0 saturated carbocycles. The van der Waals surface area contributed by atoms with Gasteiger partial charge in [-0.15, -0.1) is 0 Å². The number of hydrogen-bond donors (Lipinski definition) is 1. The van der Waals surface area contributed by atoms with E-state index >= 15 is 0 Å². The quantitative estimate of drug-likeness (QED) is 0.580. The van der Waals surface area contributed by atoms with Gasteiger partial charge in [0.05, 0.1) is 0 Å². The first-order valence-electron chi connectivity index (χ1n) is 9.24. The van der Waals surface area contributed by atoms with E-state index in [1.807, 2.05) is 6.07 Å². The summed E-state index contributed by atoms with van der Waals surface area (Å²) in [6.07, 6.45) is 5.37. The molecule has 0 saturated heterocycles. The third-order valence-corrected chi connectivity index (χ3v) is 4.45. The molecular formula is C24H31N.